The average Bonchev–Trinajstić information content (AvgIpc) is 2.75. The standard InChI is InChI=1S/C23H16Cl2N2O3S/c1-2-30-19-11-10-13(14-6-3-4-7-15(14)19)12-16-21(28)26-23(31)27(22(16)29)18-9-5-8-17(24)20(18)25/h3-12H,2H2,1H3,(H,26,28,31)/b16-12+. The lowest BCUT2D eigenvalue weighted by atomic mass is 10.00. The number of hydrogen-bond acceptors (Lipinski definition) is 4. The molecule has 31 heavy (non-hydrogen) atoms. The molecule has 156 valence electrons. The summed E-state index contributed by atoms with van der Waals surface area (Å²) < 4.78 is 5.70. The highest BCUT2D eigenvalue weighted by Gasteiger charge is 2.35. The van der Waals surface area contributed by atoms with Crippen LogP contribution in [0, 0.1) is 0 Å². The summed E-state index contributed by atoms with van der Waals surface area (Å²) in [5.41, 5.74) is 0.924. The van der Waals surface area contributed by atoms with E-state index in [0.717, 1.165) is 16.5 Å². The van der Waals surface area contributed by atoms with Crippen LogP contribution < -0.4 is 15.0 Å². The monoisotopic (exact) mass is 470 g/mol. The molecule has 5 nitrogen and oxygen atoms in total. The number of nitrogens with zero attached hydrogens (tertiary/aromatic N) is 1. The van der Waals surface area contributed by atoms with E-state index in [1.165, 1.54) is 4.90 Å². The first kappa shape index (κ1) is 21.3. The number of benzene rings is 3. The highest BCUT2D eigenvalue weighted by atomic mass is 35.5. The van der Waals surface area contributed by atoms with Gasteiger partial charge in [-0.15, -0.1) is 0 Å². The SMILES string of the molecule is CCOc1ccc(/C=C2\C(=O)NC(=S)N(c3cccc(Cl)c3Cl)C2=O)c2ccccc12. The van der Waals surface area contributed by atoms with Crippen LogP contribution in [0.15, 0.2) is 60.2 Å². The first-order valence-corrected chi connectivity index (χ1v) is 10.6. The van der Waals surface area contributed by atoms with Crippen LogP contribution >= 0.6 is 35.4 Å². The molecule has 0 atom stereocenters. The van der Waals surface area contributed by atoms with Crippen LogP contribution in [-0.4, -0.2) is 23.5 Å². The maximum atomic E-state index is 13.3. The number of hydrogen-bond donors (Lipinski definition) is 1. The molecule has 1 aliphatic heterocycles. The van der Waals surface area contributed by atoms with Crippen molar-refractivity contribution in [1.82, 2.24) is 5.32 Å². The maximum absolute atomic E-state index is 13.3. The molecule has 1 N–H and O–H groups in total. The minimum Gasteiger partial charge on any atom is -0.493 e. The normalized spacial score (nSPS) is 15.5. The van der Waals surface area contributed by atoms with Gasteiger partial charge in [0.1, 0.15) is 11.3 Å². The summed E-state index contributed by atoms with van der Waals surface area (Å²) in [5, 5.41) is 4.67. The van der Waals surface area contributed by atoms with E-state index in [1.807, 2.05) is 43.3 Å². The molecule has 0 radical (unpaired) electrons. The van der Waals surface area contributed by atoms with Gasteiger partial charge >= 0.3 is 0 Å². The Morgan fingerprint density at radius 1 is 1.03 bits per heavy atom. The summed E-state index contributed by atoms with van der Waals surface area (Å²) >= 11 is 17.6. The Kier molecular flexibility index (Phi) is 5.96. The van der Waals surface area contributed by atoms with Gasteiger partial charge in [-0.1, -0.05) is 59.6 Å². The van der Waals surface area contributed by atoms with Gasteiger partial charge < -0.3 is 4.74 Å². The molecule has 8 heteroatoms. The number of fused-ring (bicyclic) bond motifs is 1. The number of amides is 2. The van der Waals surface area contributed by atoms with Crippen molar-refractivity contribution < 1.29 is 14.3 Å². The zero-order valence-corrected chi connectivity index (χ0v) is 18.6. The fourth-order valence-corrected chi connectivity index (χ4v) is 4.05. The van der Waals surface area contributed by atoms with Crippen LogP contribution in [-0.2, 0) is 9.59 Å². The number of nitrogens with one attached hydrogen (secondary N) is 1. The Bertz CT molecular complexity index is 1270. The van der Waals surface area contributed by atoms with Crippen molar-refractivity contribution in [3.63, 3.8) is 0 Å². The molecular weight excluding hydrogens is 455 g/mol. The van der Waals surface area contributed by atoms with Gasteiger partial charge in [-0.2, -0.15) is 0 Å². The van der Waals surface area contributed by atoms with E-state index in [-0.39, 0.29) is 20.7 Å². The van der Waals surface area contributed by atoms with Crippen LogP contribution in [0.3, 0.4) is 0 Å². The average molecular weight is 471 g/mol. The van der Waals surface area contributed by atoms with Crippen molar-refractivity contribution in [2.24, 2.45) is 0 Å². The van der Waals surface area contributed by atoms with Gasteiger partial charge in [0, 0.05) is 5.39 Å². The number of rotatable bonds is 4. The van der Waals surface area contributed by atoms with Gasteiger partial charge in [0.25, 0.3) is 11.8 Å². The second-order valence-electron chi connectivity index (χ2n) is 6.66. The fraction of sp³-hybridized carbons (Fsp3) is 0.0870. The summed E-state index contributed by atoms with van der Waals surface area (Å²) in [6, 6.07) is 16.1. The van der Waals surface area contributed by atoms with E-state index in [1.54, 1.807) is 24.3 Å². The zero-order chi connectivity index (χ0) is 22.1. The van der Waals surface area contributed by atoms with E-state index in [0.29, 0.717) is 17.9 Å². The van der Waals surface area contributed by atoms with Crippen molar-refractivity contribution in [2.45, 2.75) is 6.92 Å². The second kappa shape index (κ2) is 8.67. The van der Waals surface area contributed by atoms with Crippen LogP contribution in [0.5, 0.6) is 5.75 Å². The fourth-order valence-electron chi connectivity index (χ4n) is 3.40. The summed E-state index contributed by atoms with van der Waals surface area (Å²) in [4.78, 5) is 27.1. The van der Waals surface area contributed by atoms with E-state index in [9.17, 15) is 9.59 Å². The van der Waals surface area contributed by atoms with Gasteiger partial charge in [-0.05, 0) is 54.4 Å². The number of carbonyl (C=O) groups is 2. The number of ether oxygens (including phenoxy) is 1. The lowest BCUT2D eigenvalue weighted by Gasteiger charge is -2.29. The number of carbonyl (C=O) groups excluding carboxylic acids is 2. The first-order chi connectivity index (χ1) is 14.9. The minimum atomic E-state index is -0.587. The maximum Gasteiger partial charge on any atom is 0.270 e. The lowest BCUT2D eigenvalue weighted by molar-refractivity contribution is -0.122. The third-order valence-electron chi connectivity index (χ3n) is 4.79. The Labute approximate surface area is 194 Å². The van der Waals surface area contributed by atoms with Crippen molar-refractivity contribution in [1.29, 1.82) is 0 Å². The summed E-state index contributed by atoms with van der Waals surface area (Å²) in [7, 11) is 0. The summed E-state index contributed by atoms with van der Waals surface area (Å²) in [6.07, 6.45) is 1.54. The molecule has 2 amide bonds. The number of halogens is 2. The van der Waals surface area contributed by atoms with Crippen molar-refractivity contribution >= 4 is 74.9 Å². The van der Waals surface area contributed by atoms with Gasteiger partial charge in [-0.3, -0.25) is 19.8 Å². The van der Waals surface area contributed by atoms with Crippen molar-refractivity contribution in [2.75, 3.05) is 11.5 Å². The predicted octanol–water partition coefficient (Wildman–Crippen LogP) is 5.38. The third kappa shape index (κ3) is 3.90. The lowest BCUT2D eigenvalue weighted by Crippen LogP contribution is -2.54. The smallest absolute Gasteiger partial charge is 0.270 e. The minimum absolute atomic E-state index is 0.0622. The van der Waals surface area contributed by atoms with Crippen LogP contribution in [0.25, 0.3) is 16.8 Å². The van der Waals surface area contributed by atoms with E-state index in [2.05, 4.69) is 5.32 Å². The largest absolute Gasteiger partial charge is 0.493 e. The molecule has 0 bridgehead atoms. The van der Waals surface area contributed by atoms with E-state index in [4.69, 9.17) is 40.2 Å². The number of thiocarbonyl (C=S) groups is 1. The van der Waals surface area contributed by atoms with E-state index >= 15 is 0 Å². The molecular formula is C23H16Cl2N2O3S. The quantitative estimate of drug-likeness (QED) is 0.316. The van der Waals surface area contributed by atoms with Crippen molar-refractivity contribution in [3.05, 3.63) is 75.8 Å². The molecule has 0 saturated carbocycles. The zero-order valence-electron chi connectivity index (χ0n) is 16.3. The second-order valence-corrected chi connectivity index (χ2v) is 7.83. The Hall–Kier alpha value is -2.93. The molecule has 3 aromatic rings. The molecule has 3 aromatic carbocycles. The Morgan fingerprint density at radius 3 is 2.52 bits per heavy atom. The summed E-state index contributed by atoms with van der Waals surface area (Å²) in [6.45, 7) is 2.44. The van der Waals surface area contributed by atoms with Crippen molar-refractivity contribution in [3.8, 4) is 5.75 Å². The molecule has 0 aromatic heterocycles. The highest BCUT2D eigenvalue weighted by Crippen LogP contribution is 2.35. The number of anilines is 1. The first-order valence-electron chi connectivity index (χ1n) is 9.42. The Balaban J connectivity index is 1.83. The predicted molar refractivity (Wildman–Crippen MR) is 128 cm³/mol. The molecule has 1 saturated heterocycles. The summed E-state index contributed by atoms with van der Waals surface area (Å²) in [5.74, 6) is -0.438. The third-order valence-corrected chi connectivity index (χ3v) is 5.88. The molecule has 0 spiro atoms. The van der Waals surface area contributed by atoms with Gasteiger partial charge in [0.15, 0.2) is 5.11 Å². The van der Waals surface area contributed by atoms with Crippen LogP contribution in [0.2, 0.25) is 10.0 Å². The molecule has 1 heterocycles. The van der Waals surface area contributed by atoms with Gasteiger partial charge in [-0.25, -0.2) is 0 Å². The Morgan fingerprint density at radius 2 is 1.77 bits per heavy atom. The van der Waals surface area contributed by atoms with Crippen LogP contribution in [0.4, 0.5) is 5.69 Å². The molecule has 4 rings (SSSR count). The van der Waals surface area contributed by atoms with Gasteiger partial charge in [0.2, 0.25) is 0 Å². The van der Waals surface area contributed by atoms with Crippen LogP contribution in [0.1, 0.15) is 12.5 Å². The van der Waals surface area contributed by atoms with E-state index < -0.39 is 11.8 Å². The molecule has 1 aliphatic rings. The molecule has 1 fully saturated rings. The highest BCUT2D eigenvalue weighted by molar-refractivity contribution is 7.80. The van der Waals surface area contributed by atoms with Gasteiger partial charge in [0.05, 0.1) is 22.3 Å². The molecule has 0 unspecified atom stereocenters. The molecule has 0 aliphatic carbocycles. The topological polar surface area (TPSA) is 58.6 Å².